The molecule has 2 bridgehead atoms. The van der Waals surface area contributed by atoms with Gasteiger partial charge in [-0.25, -0.2) is 0 Å². The summed E-state index contributed by atoms with van der Waals surface area (Å²) in [7, 11) is 0. The van der Waals surface area contributed by atoms with Crippen LogP contribution in [-0.4, -0.2) is 30.0 Å². The van der Waals surface area contributed by atoms with Crippen LogP contribution in [0.25, 0.3) is 0 Å². The number of aliphatic hydroxyl groups is 1. The molecular formula is C9H12O3. The molecule has 2 saturated heterocycles. The van der Waals surface area contributed by atoms with Crippen LogP contribution in [0.2, 0.25) is 0 Å². The van der Waals surface area contributed by atoms with E-state index >= 15 is 0 Å². The Hall–Kier alpha value is -0.720. The Morgan fingerprint density at radius 1 is 1.58 bits per heavy atom. The summed E-state index contributed by atoms with van der Waals surface area (Å²) in [6.07, 6.45) is 9.33. The molecule has 66 valence electrons. The lowest BCUT2D eigenvalue weighted by molar-refractivity contribution is 0.0180. The van der Waals surface area contributed by atoms with Crippen molar-refractivity contribution in [3.63, 3.8) is 0 Å². The van der Waals surface area contributed by atoms with Crippen molar-refractivity contribution in [1.82, 2.24) is 0 Å². The first-order valence-electron chi connectivity index (χ1n) is 4.22. The number of fused-ring (bicyclic) bond motifs is 2. The molecule has 0 aliphatic carbocycles. The van der Waals surface area contributed by atoms with Gasteiger partial charge in [0, 0.05) is 18.9 Å². The Balaban J connectivity index is 2.00. The molecule has 0 aromatic rings. The summed E-state index contributed by atoms with van der Waals surface area (Å²) in [5, 5.41) is 8.99. The minimum absolute atomic E-state index is 0.00546. The molecule has 1 N–H and O–H groups in total. The minimum atomic E-state index is 0.00546. The molecule has 0 amide bonds. The van der Waals surface area contributed by atoms with Gasteiger partial charge in [0.1, 0.15) is 18.3 Å². The fourth-order valence-electron chi connectivity index (χ4n) is 2.18. The van der Waals surface area contributed by atoms with Gasteiger partial charge < -0.3 is 14.6 Å². The summed E-state index contributed by atoms with van der Waals surface area (Å²) >= 11 is 0. The van der Waals surface area contributed by atoms with E-state index in [1.807, 2.05) is 0 Å². The predicted molar refractivity (Wildman–Crippen MR) is 42.2 cm³/mol. The number of rotatable bonds is 2. The normalized spacial score (nSPS) is 44.3. The number of ether oxygens (including phenoxy) is 2. The highest BCUT2D eigenvalue weighted by Crippen LogP contribution is 2.39. The maximum absolute atomic E-state index is 8.99. The highest BCUT2D eigenvalue weighted by atomic mass is 16.6. The van der Waals surface area contributed by atoms with Crippen LogP contribution in [0, 0.1) is 18.4 Å². The van der Waals surface area contributed by atoms with Crippen LogP contribution in [0.1, 0.15) is 12.8 Å². The summed E-state index contributed by atoms with van der Waals surface area (Å²) in [6, 6.07) is 0. The highest BCUT2D eigenvalue weighted by molar-refractivity contribution is 4.97. The first kappa shape index (κ1) is 7.90. The Kier molecular flexibility index (Phi) is 1.95. The van der Waals surface area contributed by atoms with Gasteiger partial charge >= 0.3 is 0 Å². The second-order valence-electron chi connectivity index (χ2n) is 3.41. The minimum Gasteiger partial charge on any atom is -0.441 e. The topological polar surface area (TPSA) is 38.7 Å². The van der Waals surface area contributed by atoms with Crippen LogP contribution >= 0.6 is 0 Å². The average Bonchev–Trinajstić information content (AvgIpc) is 2.62. The zero-order valence-electron chi connectivity index (χ0n) is 6.77. The molecule has 0 radical (unpaired) electrons. The molecule has 4 atom stereocenters. The maximum atomic E-state index is 8.99. The second-order valence-corrected chi connectivity index (χ2v) is 3.41. The van der Waals surface area contributed by atoms with Crippen molar-refractivity contribution in [1.29, 1.82) is 0 Å². The van der Waals surface area contributed by atoms with Crippen LogP contribution in [0.5, 0.6) is 0 Å². The van der Waals surface area contributed by atoms with Crippen molar-refractivity contribution in [2.24, 2.45) is 5.92 Å². The monoisotopic (exact) mass is 168 g/mol. The van der Waals surface area contributed by atoms with Gasteiger partial charge in [-0.1, -0.05) is 6.42 Å². The molecule has 3 heteroatoms. The molecule has 0 spiro atoms. The molecule has 2 fully saturated rings. The van der Waals surface area contributed by atoms with E-state index in [1.165, 1.54) is 0 Å². The molecule has 2 aliphatic rings. The summed E-state index contributed by atoms with van der Waals surface area (Å²) in [5.74, 6) is 0.224. The molecule has 4 unspecified atom stereocenters. The van der Waals surface area contributed by atoms with Crippen LogP contribution in [-0.2, 0) is 9.47 Å². The lowest BCUT2D eigenvalue weighted by atomic mass is 9.88. The molecule has 2 aliphatic heterocycles. The smallest absolute Gasteiger partial charge is 0.139 e. The lowest BCUT2D eigenvalue weighted by Crippen LogP contribution is -2.33. The van der Waals surface area contributed by atoms with Crippen LogP contribution < -0.4 is 0 Å². The van der Waals surface area contributed by atoms with Crippen molar-refractivity contribution in [3.05, 3.63) is 0 Å². The van der Waals surface area contributed by atoms with Crippen LogP contribution in [0.4, 0.5) is 0 Å². The van der Waals surface area contributed by atoms with Gasteiger partial charge in [-0.15, -0.1) is 0 Å². The van der Waals surface area contributed by atoms with E-state index < -0.39 is 0 Å². The molecule has 2 heterocycles. The standard InChI is InChI=1S/C9H12O3/c1-2-11-8-4-7-3-6(5-10)9(8)12-7/h1,6-10H,3-5H2. The van der Waals surface area contributed by atoms with Gasteiger partial charge in [-0.2, -0.15) is 0 Å². The molecule has 12 heavy (non-hydrogen) atoms. The summed E-state index contributed by atoms with van der Waals surface area (Å²) < 4.78 is 10.6. The third-order valence-electron chi connectivity index (χ3n) is 2.70. The van der Waals surface area contributed by atoms with Gasteiger partial charge in [-0.3, -0.25) is 0 Å². The Morgan fingerprint density at radius 3 is 3.00 bits per heavy atom. The molecule has 0 aromatic heterocycles. The SMILES string of the molecule is C#COC1CC2CC(CO)C1O2. The van der Waals surface area contributed by atoms with Crippen molar-refractivity contribution >= 4 is 0 Å². The van der Waals surface area contributed by atoms with E-state index in [0.29, 0.717) is 0 Å². The fraction of sp³-hybridized carbons (Fsp3) is 0.778. The highest BCUT2D eigenvalue weighted by Gasteiger charge is 2.48. The van der Waals surface area contributed by atoms with E-state index in [-0.39, 0.29) is 30.8 Å². The molecule has 0 aromatic carbocycles. The first-order valence-corrected chi connectivity index (χ1v) is 4.22. The summed E-state index contributed by atoms with van der Waals surface area (Å²) in [6.45, 7) is 0.172. The summed E-state index contributed by atoms with van der Waals surface area (Å²) in [4.78, 5) is 0. The molecular weight excluding hydrogens is 156 g/mol. The first-order chi connectivity index (χ1) is 5.85. The van der Waals surface area contributed by atoms with Crippen molar-refractivity contribution in [2.45, 2.75) is 31.2 Å². The lowest BCUT2D eigenvalue weighted by Gasteiger charge is -2.22. The quantitative estimate of drug-likeness (QED) is 0.596. The number of terminal acetylenes is 1. The van der Waals surface area contributed by atoms with Gasteiger partial charge in [0.25, 0.3) is 0 Å². The zero-order valence-corrected chi connectivity index (χ0v) is 6.77. The van der Waals surface area contributed by atoms with Gasteiger partial charge in [0.2, 0.25) is 0 Å². The Bertz CT molecular complexity index is 208. The van der Waals surface area contributed by atoms with E-state index in [0.717, 1.165) is 12.8 Å². The van der Waals surface area contributed by atoms with Gasteiger partial charge in [0.15, 0.2) is 0 Å². The fourth-order valence-corrected chi connectivity index (χ4v) is 2.18. The van der Waals surface area contributed by atoms with Crippen molar-refractivity contribution in [3.8, 4) is 12.5 Å². The Labute approximate surface area is 71.7 Å². The average molecular weight is 168 g/mol. The van der Waals surface area contributed by atoms with Crippen molar-refractivity contribution < 1.29 is 14.6 Å². The van der Waals surface area contributed by atoms with E-state index in [4.69, 9.17) is 21.0 Å². The molecule has 3 nitrogen and oxygen atoms in total. The largest absolute Gasteiger partial charge is 0.441 e. The maximum Gasteiger partial charge on any atom is 0.139 e. The third kappa shape index (κ3) is 1.08. The van der Waals surface area contributed by atoms with Gasteiger partial charge in [-0.05, 0) is 6.42 Å². The second kappa shape index (κ2) is 2.96. The number of aliphatic hydroxyl groups excluding tert-OH is 1. The van der Waals surface area contributed by atoms with E-state index in [2.05, 4.69) is 6.11 Å². The number of hydrogen-bond donors (Lipinski definition) is 1. The van der Waals surface area contributed by atoms with E-state index in [1.54, 1.807) is 0 Å². The van der Waals surface area contributed by atoms with Crippen molar-refractivity contribution in [2.75, 3.05) is 6.61 Å². The Morgan fingerprint density at radius 2 is 2.42 bits per heavy atom. The van der Waals surface area contributed by atoms with E-state index in [9.17, 15) is 0 Å². The third-order valence-corrected chi connectivity index (χ3v) is 2.70. The number of hydrogen-bond acceptors (Lipinski definition) is 3. The molecule has 0 saturated carbocycles. The van der Waals surface area contributed by atoms with Crippen LogP contribution in [0.15, 0.2) is 0 Å². The zero-order chi connectivity index (χ0) is 8.55. The molecule has 2 rings (SSSR count). The predicted octanol–water partition coefficient (Wildman–Crippen LogP) is 0.132. The van der Waals surface area contributed by atoms with Gasteiger partial charge in [0.05, 0.1) is 6.10 Å². The van der Waals surface area contributed by atoms with Crippen LogP contribution in [0.3, 0.4) is 0 Å². The summed E-state index contributed by atoms with van der Waals surface area (Å²) in [5.41, 5.74) is 0.